The number of hydrogen-bond acceptors (Lipinski definition) is 6. The van der Waals surface area contributed by atoms with E-state index < -0.39 is 0 Å². The van der Waals surface area contributed by atoms with Crippen LogP contribution in [-0.2, 0) is 24.3 Å². The molecule has 0 saturated carbocycles. The largest absolute Gasteiger partial charge is 0.373 e. The quantitative estimate of drug-likeness (QED) is 0.213. The monoisotopic (exact) mass is 524 g/mol. The zero-order chi connectivity index (χ0) is 26.9. The summed E-state index contributed by atoms with van der Waals surface area (Å²) < 4.78 is 8.36. The summed E-state index contributed by atoms with van der Waals surface area (Å²) >= 11 is 0. The summed E-state index contributed by atoms with van der Waals surface area (Å²) in [7, 11) is 0. The molecule has 7 nitrogen and oxygen atoms in total. The molecule has 4 aromatic rings. The van der Waals surface area contributed by atoms with Crippen molar-refractivity contribution in [3.63, 3.8) is 0 Å². The Labute approximate surface area is 231 Å². The van der Waals surface area contributed by atoms with Crippen molar-refractivity contribution in [2.45, 2.75) is 39.8 Å². The van der Waals surface area contributed by atoms with E-state index in [1.807, 2.05) is 12.3 Å². The molecular formula is C32H40N6O. The number of aryl methyl sites for hydroxylation is 1. The molecule has 0 fully saturated rings. The third kappa shape index (κ3) is 7.12. The fourth-order valence-electron chi connectivity index (χ4n) is 5.09. The van der Waals surface area contributed by atoms with Gasteiger partial charge in [0.15, 0.2) is 0 Å². The van der Waals surface area contributed by atoms with Gasteiger partial charge in [-0.15, -0.1) is 0 Å². The number of ether oxygens (including phenoxy) is 1. The third-order valence-corrected chi connectivity index (χ3v) is 7.43. The van der Waals surface area contributed by atoms with Crippen LogP contribution in [0.2, 0.25) is 0 Å². The topological polar surface area (TPSA) is 67.2 Å². The first-order valence-electron chi connectivity index (χ1n) is 14.2. The van der Waals surface area contributed by atoms with E-state index in [9.17, 15) is 0 Å². The number of benzene rings is 2. The maximum atomic E-state index is 6.10. The molecule has 3 heterocycles. The van der Waals surface area contributed by atoms with Gasteiger partial charge in [0.1, 0.15) is 0 Å². The van der Waals surface area contributed by atoms with Gasteiger partial charge in [0.2, 0.25) is 5.95 Å². The average Bonchev–Trinajstić information content (AvgIpc) is 3.37. The number of nitrogens with zero attached hydrogens (tertiary/aromatic N) is 4. The summed E-state index contributed by atoms with van der Waals surface area (Å²) in [4.78, 5) is 11.8. The maximum Gasteiger partial charge on any atom is 0.227 e. The highest BCUT2D eigenvalue weighted by Crippen LogP contribution is 2.26. The third-order valence-electron chi connectivity index (χ3n) is 7.43. The lowest BCUT2D eigenvalue weighted by Gasteiger charge is -2.18. The van der Waals surface area contributed by atoms with Crippen LogP contribution in [-0.4, -0.2) is 58.8 Å². The number of anilines is 2. The Morgan fingerprint density at radius 3 is 2.85 bits per heavy atom. The Bertz CT molecular complexity index is 1390. The first-order chi connectivity index (χ1) is 19.2. The molecule has 7 heteroatoms. The van der Waals surface area contributed by atoms with Crippen molar-refractivity contribution in [3.05, 3.63) is 84.2 Å². The van der Waals surface area contributed by atoms with Crippen LogP contribution < -0.4 is 10.6 Å². The minimum atomic E-state index is 0.569. The minimum Gasteiger partial charge on any atom is -0.373 e. The Balaban J connectivity index is 1.31. The molecule has 0 amide bonds. The van der Waals surface area contributed by atoms with Gasteiger partial charge in [-0.1, -0.05) is 44.2 Å². The van der Waals surface area contributed by atoms with E-state index in [0.717, 1.165) is 69.1 Å². The second-order valence-electron chi connectivity index (χ2n) is 9.98. The Kier molecular flexibility index (Phi) is 9.38. The fourth-order valence-corrected chi connectivity index (χ4v) is 5.09. The lowest BCUT2D eigenvalue weighted by molar-refractivity contribution is 0.148. The summed E-state index contributed by atoms with van der Waals surface area (Å²) in [6, 6.07) is 17.1. The van der Waals surface area contributed by atoms with Gasteiger partial charge in [0, 0.05) is 48.8 Å². The number of fused-ring (bicyclic) bond motifs is 6. The molecule has 0 unspecified atom stereocenters. The van der Waals surface area contributed by atoms with Crippen LogP contribution in [0.25, 0.3) is 22.2 Å². The highest BCUT2D eigenvalue weighted by molar-refractivity contribution is 5.85. The van der Waals surface area contributed by atoms with E-state index in [4.69, 9.17) is 9.72 Å². The molecule has 5 rings (SSSR count). The van der Waals surface area contributed by atoms with Crippen molar-refractivity contribution in [3.8, 4) is 11.3 Å². The molecule has 2 aromatic carbocycles. The van der Waals surface area contributed by atoms with Crippen LogP contribution in [0.4, 0.5) is 11.6 Å². The number of rotatable bonds is 9. The molecule has 6 bridgehead atoms. The molecule has 39 heavy (non-hydrogen) atoms. The Hall–Kier alpha value is -3.52. The highest BCUT2D eigenvalue weighted by atomic mass is 16.5. The predicted molar refractivity (Wildman–Crippen MR) is 160 cm³/mol. The van der Waals surface area contributed by atoms with Gasteiger partial charge in [-0.3, -0.25) is 0 Å². The predicted octanol–water partition coefficient (Wildman–Crippen LogP) is 5.79. The molecule has 0 atom stereocenters. The molecule has 1 aliphatic heterocycles. The Morgan fingerprint density at radius 1 is 1.03 bits per heavy atom. The zero-order valence-corrected chi connectivity index (χ0v) is 23.2. The minimum absolute atomic E-state index is 0.569. The molecule has 1 aliphatic rings. The zero-order valence-electron chi connectivity index (χ0n) is 23.2. The first-order valence-corrected chi connectivity index (χ1v) is 14.2. The summed E-state index contributed by atoms with van der Waals surface area (Å²) in [5.74, 6) is 0.589. The van der Waals surface area contributed by atoms with Crippen molar-refractivity contribution in [2.75, 3.05) is 44.6 Å². The van der Waals surface area contributed by atoms with Crippen molar-refractivity contribution in [1.82, 2.24) is 24.8 Å². The summed E-state index contributed by atoms with van der Waals surface area (Å²) in [5.41, 5.74) is 6.66. The number of allylic oxidation sites excluding steroid dienone is 1. The van der Waals surface area contributed by atoms with Gasteiger partial charge in [-0.2, -0.15) is 0 Å². The van der Waals surface area contributed by atoms with Gasteiger partial charge in [-0.05, 0) is 79.3 Å². The van der Waals surface area contributed by atoms with Crippen LogP contribution in [0, 0.1) is 0 Å². The van der Waals surface area contributed by atoms with Gasteiger partial charge in [-0.25, -0.2) is 9.97 Å². The van der Waals surface area contributed by atoms with Crippen LogP contribution in [0.3, 0.4) is 0 Å². The average molecular weight is 525 g/mol. The van der Waals surface area contributed by atoms with Crippen molar-refractivity contribution >= 4 is 22.5 Å². The first kappa shape index (κ1) is 27.1. The van der Waals surface area contributed by atoms with Gasteiger partial charge in [0.25, 0.3) is 0 Å². The van der Waals surface area contributed by atoms with Crippen LogP contribution in [0.1, 0.15) is 31.4 Å². The summed E-state index contributed by atoms with van der Waals surface area (Å²) in [5, 5.41) is 8.24. The lowest BCUT2D eigenvalue weighted by Crippen LogP contribution is -2.32. The standard InChI is InChI=1S/C32H40N6O/c1-3-37(4-2)20-17-33-15-7-8-25-11-12-29-22-28(25)24-39-21-6-5-18-38-19-14-26-9-10-27(23-31(26)38)30-13-16-34-32(35-29)36-30/h5-6,9-14,16,19,22-23,33H,3-4,7-8,15,17-18,20-21,24H2,1-2H3,(H,34,35,36)/b6-5+. The van der Waals surface area contributed by atoms with E-state index in [2.05, 4.69) is 99.7 Å². The molecule has 0 saturated heterocycles. The summed E-state index contributed by atoms with van der Waals surface area (Å²) in [6.45, 7) is 11.8. The number of nitrogens with one attached hydrogen (secondary N) is 2. The maximum absolute atomic E-state index is 6.10. The van der Waals surface area contributed by atoms with Crippen molar-refractivity contribution in [2.24, 2.45) is 0 Å². The second-order valence-corrected chi connectivity index (χ2v) is 9.98. The molecule has 2 N–H and O–H groups in total. The Morgan fingerprint density at radius 2 is 1.95 bits per heavy atom. The van der Waals surface area contributed by atoms with Gasteiger partial charge in [0.05, 0.1) is 18.9 Å². The van der Waals surface area contributed by atoms with E-state index in [1.165, 1.54) is 22.0 Å². The van der Waals surface area contributed by atoms with Crippen LogP contribution in [0.15, 0.2) is 73.1 Å². The molecule has 0 aliphatic carbocycles. The van der Waals surface area contributed by atoms with E-state index >= 15 is 0 Å². The van der Waals surface area contributed by atoms with E-state index in [0.29, 0.717) is 19.2 Å². The normalized spacial score (nSPS) is 14.4. The number of hydrogen-bond donors (Lipinski definition) is 2. The van der Waals surface area contributed by atoms with Gasteiger partial charge >= 0.3 is 0 Å². The molecule has 0 radical (unpaired) electrons. The molecule has 2 aromatic heterocycles. The fraction of sp³-hybridized carbons (Fsp3) is 0.375. The summed E-state index contributed by atoms with van der Waals surface area (Å²) in [6.07, 6.45) is 10.3. The second kappa shape index (κ2) is 13.5. The molecule has 0 spiro atoms. The van der Waals surface area contributed by atoms with Crippen molar-refractivity contribution < 1.29 is 4.74 Å². The molecular weight excluding hydrogens is 484 g/mol. The smallest absolute Gasteiger partial charge is 0.227 e. The number of likely N-dealkylation sites (N-methyl/N-ethyl adjacent to an activating group) is 1. The van der Waals surface area contributed by atoms with Crippen LogP contribution >= 0.6 is 0 Å². The van der Waals surface area contributed by atoms with E-state index in [1.54, 1.807) is 0 Å². The van der Waals surface area contributed by atoms with E-state index in [-0.39, 0.29) is 0 Å². The lowest BCUT2D eigenvalue weighted by atomic mass is 10.0. The van der Waals surface area contributed by atoms with Crippen LogP contribution in [0.5, 0.6) is 0 Å². The molecule has 204 valence electrons. The van der Waals surface area contributed by atoms with Crippen molar-refractivity contribution in [1.29, 1.82) is 0 Å². The number of aromatic nitrogens is 3. The highest BCUT2D eigenvalue weighted by Gasteiger charge is 2.10. The SMILES string of the molecule is CCN(CC)CCNCCCc1ccc2cc1COC/C=C/Cn1ccc3ccc(cc31)-c1ccnc(n1)N2. The van der Waals surface area contributed by atoms with Gasteiger partial charge < -0.3 is 24.8 Å².